The lowest BCUT2D eigenvalue weighted by Gasteiger charge is -2.25. The van der Waals surface area contributed by atoms with E-state index in [0.29, 0.717) is 11.3 Å². The van der Waals surface area contributed by atoms with Crippen molar-refractivity contribution in [2.75, 3.05) is 4.31 Å². The van der Waals surface area contributed by atoms with Gasteiger partial charge in [0.1, 0.15) is 5.82 Å². The Morgan fingerprint density at radius 1 is 0.846 bits per heavy atom. The lowest BCUT2D eigenvalue weighted by Crippen LogP contribution is -2.30. The van der Waals surface area contributed by atoms with Crippen LogP contribution >= 0.6 is 0 Å². The number of nitrogens with zero attached hydrogens (tertiary/aromatic N) is 1. The van der Waals surface area contributed by atoms with E-state index in [4.69, 9.17) is 0 Å². The van der Waals surface area contributed by atoms with Gasteiger partial charge in [-0.15, -0.1) is 0 Å². The first kappa shape index (κ1) is 18.1. The molecule has 0 aliphatic carbocycles. The average Bonchev–Trinajstić information content (AvgIpc) is 2.61. The zero-order valence-corrected chi connectivity index (χ0v) is 15.5. The highest BCUT2D eigenvalue weighted by atomic mass is 32.2. The predicted octanol–water partition coefficient (Wildman–Crippen LogP) is 4.84. The molecular formula is C21H20FNO2S. The van der Waals surface area contributed by atoms with E-state index in [1.807, 2.05) is 32.0 Å². The first-order chi connectivity index (χ1) is 12.4. The second-order valence-electron chi connectivity index (χ2n) is 6.29. The molecule has 0 atom stereocenters. The van der Waals surface area contributed by atoms with Gasteiger partial charge in [-0.1, -0.05) is 42.0 Å². The quantitative estimate of drug-likeness (QED) is 0.645. The molecule has 3 rings (SSSR count). The van der Waals surface area contributed by atoms with Gasteiger partial charge < -0.3 is 0 Å². The minimum Gasteiger partial charge on any atom is -0.262 e. The van der Waals surface area contributed by atoms with Crippen LogP contribution in [0.3, 0.4) is 0 Å². The smallest absolute Gasteiger partial charge is 0.262 e. The van der Waals surface area contributed by atoms with Crippen molar-refractivity contribution in [3.8, 4) is 0 Å². The van der Waals surface area contributed by atoms with Gasteiger partial charge in [-0.3, -0.25) is 4.31 Å². The molecule has 0 fully saturated rings. The number of anilines is 1. The Morgan fingerprint density at radius 3 is 2.12 bits per heavy atom. The summed E-state index contributed by atoms with van der Waals surface area (Å²) in [5.41, 5.74) is 3.24. The zero-order chi connectivity index (χ0) is 18.7. The Balaban J connectivity index is 2.07. The Hall–Kier alpha value is -2.66. The number of halogens is 1. The molecular weight excluding hydrogens is 349 g/mol. The summed E-state index contributed by atoms with van der Waals surface area (Å²) < 4.78 is 41.1. The van der Waals surface area contributed by atoms with Crippen molar-refractivity contribution in [1.29, 1.82) is 0 Å². The van der Waals surface area contributed by atoms with Crippen LogP contribution in [0, 0.1) is 19.7 Å². The van der Waals surface area contributed by atoms with Gasteiger partial charge in [0.25, 0.3) is 10.0 Å². The standard InChI is InChI=1S/C21H20FNO2S/c1-16-6-12-21(13-7-16)26(24,25)23(20-5-3-4-17(2)14-20)15-18-8-10-19(22)11-9-18/h3-14H,15H2,1-2H3. The maximum atomic E-state index is 13.3. The predicted molar refractivity (Wildman–Crippen MR) is 102 cm³/mol. The van der Waals surface area contributed by atoms with Crippen LogP contribution in [0.1, 0.15) is 16.7 Å². The molecule has 0 heterocycles. The van der Waals surface area contributed by atoms with Gasteiger partial charge in [0, 0.05) is 0 Å². The van der Waals surface area contributed by atoms with Gasteiger partial charge in [0.05, 0.1) is 17.1 Å². The summed E-state index contributed by atoms with van der Waals surface area (Å²) in [7, 11) is -3.76. The van der Waals surface area contributed by atoms with E-state index in [1.165, 1.54) is 16.4 Å². The maximum Gasteiger partial charge on any atom is 0.264 e. The maximum absolute atomic E-state index is 13.3. The van der Waals surface area contributed by atoms with E-state index >= 15 is 0 Å². The number of benzene rings is 3. The van der Waals surface area contributed by atoms with Crippen LogP contribution in [0.15, 0.2) is 77.7 Å². The number of aryl methyl sites for hydroxylation is 2. The molecule has 0 spiro atoms. The summed E-state index contributed by atoms with van der Waals surface area (Å²) in [5.74, 6) is -0.350. The molecule has 3 nitrogen and oxygen atoms in total. The minimum absolute atomic E-state index is 0.125. The van der Waals surface area contributed by atoms with Crippen LogP contribution in [0.25, 0.3) is 0 Å². The third-order valence-corrected chi connectivity index (χ3v) is 5.93. The first-order valence-corrected chi connectivity index (χ1v) is 9.71. The normalized spacial score (nSPS) is 11.3. The Kier molecular flexibility index (Phi) is 5.09. The molecule has 0 aliphatic rings. The highest BCUT2D eigenvalue weighted by molar-refractivity contribution is 7.92. The molecule has 0 bridgehead atoms. The van der Waals surface area contributed by atoms with E-state index in [2.05, 4.69) is 0 Å². The van der Waals surface area contributed by atoms with E-state index in [0.717, 1.165) is 11.1 Å². The monoisotopic (exact) mass is 369 g/mol. The summed E-state index contributed by atoms with van der Waals surface area (Å²) in [4.78, 5) is 0.228. The molecule has 3 aromatic carbocycles. The second-order valence-corrected chi connectivity index (χ2v) is 8.15. The number of rotatable bonds is 5. The third kappa shape index (κ3) is 3.94. The van der Waals surface area contributed by atoms with Crippen molar-refractivity contribution in [1.82, 2.24) is 0 Å². The lowest BCUT2D eigenvalue weighted by molar-refractivity contribution is 0.590. The van der Waals surface area contributed by atoms with Gasteiger partial charge in [-0.05, 0) is 61.4 Å². The highest BCUT2D eigenvalue weighted by Gasteiger charge is 2.25. The SMILES string of the molecule is Cc1ccc(S(=O)(=O)N(Cc2ccc(F)cc2)c2cccc(C)c2)cc1. The number of hydrogen-bond donors (Lipinski definition) is 0. The van der Waals surface area contributed by atoms with E-state index in [1.54, 1.807) is 42.5 Å². The van der Waals surface area contributed by atoms with Crippen molar-refractivity contribution < 1.29 is 12.8 Å². The molecule has 0 aliphatic heterocycles. The van der Waals surface area contributed by atoms with Crippen LogP contribution in [0.4, 0.5) is 10.1 Å². The Morgan fingerprint density at radius 2 is 1.50 bits per heavy atom. The molecule has 134 valence electrons. The molecule has 0 radical (unpaired) electrons. The largest absolute Gasteiger partial charge is 0.264 e. The fraction of sp³-hybridized carbons (Fsp3) is 0.143. The van der Waals surface area contributed by atoms with E-state index in [-0.39, 0.29) is 17.3 Å². The molecule has 5 heteroatoms. The van der Waals surface area contributed by atoms with Crippen LogP contribution < -0.4 is 4.31 Å². The second kappa shape index (κ2) is 7.30. The topological polar surface area (TPSA) is 37.4 Å². The van der Waals surface area contributed by atoms with Crippen molar-refractivity contribution in [3.63, 3.8) is 0 Å². The molecule has 0 unspecified atom stereocenters. The fourth-order valence-electron chi connectivity index (χ4n) is 2.69. The average molecular weight is 369 g/mol. The van der Waals surface area contributed by atoms with Crippen molar-refractivity contribution in [2.45, 2.75) is 25.3 Å². The molecule has 0 saturated heterocycles. The van der Waals surface area contributed by atoms with Crippen LogP contribution in [-0.4, -0.2) is 8.42 Å². The first-order valence-electron chi connectivity index (χ1n) is 8.27. The molecule has 0 saturated carbocycles. The lowest BCUT2D eigenvalue weighted by atomic mass is 10.2. The molecule has 0 amide bonds. The molecule has 3 aromatic rings. The van der Waals surface area contributed by atoms with Gasteiger partial charge in [-0.25, -0.2) is 12.8 Å². The third-order valence-electron chi connectivity index (χ3n) is 4.14. The minimum atomic E-state index is -3.76. The summed E-state index contributed by atoms with van der Waals surface area (Å²) >= 11 is 0. The van der Waals surface area contributed by atoms with Crippen molar-refractivity contribution in [2.24, 2.45) is 0 Å². The van der Waals surface area contributed by atoms with Gasteiger partial charge in [0.15, 0.2) is 0 Å². The van der Waals surface area contributed by atoms with E-state index < -0.39 is 10.0 Å². The van der Waals surface area contributed by atoms with Crippen molar-refractivity contribution in [3.05, 3.63) is 95.3 Å². The molecule has 0 N–H and O–H groups in total. The Bertz CT molecular complexity index is 997. The van der Waals surface area contributed by atoms with Gasteiger partial charge in [-0.2, -0.15) is 0 Å². The van der Waals surface area contributed by atoms with Crippen molar-refractivity contribution >= 4 is 15.7 Å². The number of hydrogen-bond acceptors (Lipinski definition) is 2. The van der Waals surface area contributed by atoms with Crippen LogP contribution in [0.2, 0.25) is 0 Å². The summed E-state index contributed by atoms with van der Waals surface area (Å²) in [6.45, 7) is 3.95. The highest BCUT2D eigenvalue weighted by Crippen LogP contribution is 2.27. The fourth-order valence-corrected chi connectivity index (χ4v) is 4.14. The van der Waals surface area contributed by atoms with Gasteiger partial charge in [0.2, 0.25) is 0 Å². The van der Waals surface area contributed by atoms with Crippen LogP contribution in [0.5, 0.6) is 0 Å². The zero-order valence-electron chi connectivity index (χ0n) is 14.7. The number of sulfonamides is 1. The summed E-state index contributed by atoms with van der Waals surface area (Å²) in [5, 5.41) is 0. The van der Waals surface area contributed by atoms with E-state index in [9.17, 15) is 12.8 Å². The molecule has 26 heavy (non-hydrogen) atoms. The summed E-state index contributed by atoms with van der Waals surface area (Å²) in [6, 6.07) is 20.0. The summed E-state index contributed by atoms with van der Waals surface area (Å²) in [6.07, 6.45) is 0. The van der Waals surface area contributed by atoms with Gasteiger partial charge >= 0.3 is 0 Å². The molecule has 0 aromatic heterocycles. The Labute approximate surface area is 153 Å². The van der Waals surface area contributed by atoms with Crippen LogP contribution in [-0.2, 0) is 16.6 Å².